The van der Waals surface area contributed by atoms with Crippen LogP contribution in [0.15, 0.2) is 24.3 Å². The van der Waals surface area contributed by atoms with Crippen molar-refractivity contribution < 1.29 is 9.53 Å². The molecule has 1 aromatic rings. The molecular formula is C18H28O2. The van der Waals surface area contributed by atoms with Crippen LogP contribution in [0.1, 0.15) is 64.0 Å². The van der Waals surface area contributed by atoms with Gasteiger partial charge in [0, 0.05) is 0 Å². The Labute approximate surface area is 123 Å². The Morgan fingerprint density at radius 2 is 1.80 bits per heavy atom. The first kappa shape index (κ1) is 16.7. The molecule has 112 valence electrons. The molecule has 20 heavy (non-hydrogen) atoms. The van der Waals surface area contributed by atoms with Crippen molar-refractivity contribution >= 4 is 5.97 Å². The van der Waals surface area contributed by atoms with E-state index in [1.807, 2.05) is 19.1 Å². The number of benzene rings is 1. The SMILES string of the molecule is CCCCOC(=O)C(C)(CCCC)c1ccccc1C. The summed E-state index contributed by atoms with van der Waals surface area (Å²) in [5.74, 6) is -0.0753. The van der Waals surface area contributed by atoms with Crippen LogP contribution in [0.4, 0.5) is 0 Å². The van der Waals surface area contributed by atoms with Gasteiger partial charge in [-0.2, -0.15) is 0 Å². The Balaban J connectivity index is 2.96. The normalized spacial score (nSPS) is 13.8. The highest BCUT2D eigenvalue weighted by Crippen LogP contribution is 2.33. The molecule has 0 saturated carbocycles. The molecule has 0 aliphatic carbocycles. The second-order valence-electron chi connectivity index (χ2n) is 5.74. The summed E-state index contributed by atoms with van der Waals surface area (Å²) in [5, 5.41) is 0. The van der Waals surface area contributed by atoms with E-state index in [1.165, 1.54) is 5.56 Å². The quantitative estimate of drug-likeness (QED) is 0.504. The number of hydrogen-bond donors (Lipinski definition) is 0. The van der Waals surface area contributed by atoms with Gasteiger partial charge in [-0.15, -0.1) is 0 Å². The van der Waals surface area contributed by atoms with E-state index in [0.29, 0.717) is 6.61 Å². The lowest BCUT2D eigenvalue weighted by Crippen LogP contribution is -2.35. The van der Waals surface area contributed by atoms with Gasteiger partial charge in [0.25, 0.3) is 0 Å². The van der Waals surface area contributed by atoms with Gasteiger partial charge in [-0.05, 0) is 37.8 Å². The predicted octanol–water partition coefficient (Wildman–Crippen LogP) is 4.79. The summed E-state index contributed by atoms with van der Waals surface area (Å²) in [4.78, 5) is 12.6. The molecule has 1 aromatic carbocycles. The van der Waals surface area contributed by atoms with E-state index in [2.05, 4.69) is 32.9 Å². The van der Waals surface area contributed by atoms with Crippen molar-refractivity contribution in [2.45, 2.75) is 65.2 Å². The van der Waals surface area contributed by atoms with E-state index in [1.54, 1.807) is 0 Å². The number of esters is 1. The maximum atomic E-state index is 12.6. The lowest BCUT2D eigenvalue weighted by Gasteiger charge is -2.29. The Kier molecular flexibility index (Phi) is 6.77. The number of unbranched alkanes of at least 4 members (excludes halogenated alkanes) is 2. The number of carbonyl (C=O) groups is 1. The topological polar surface area (TPSA) is 26.3 Å². The monoisotopic (exact) mass is 276 g/mol. The molecule has 0 fully saturated rings. The Morgan fingerprint density at radius 3 is 2.40 bits per heavy atom. The zero-order valence-electron chi connectivity index (χ0n) is 13.4. The summed E-state index contributed by atoms with van der Waals surface area (Å²) in [7, 11) is 0. The number of hydrogen-bond acceptors (Lipinski definition) is 2. The van der Waals surface area contributed by atoms with Gasteiger partial charge in [0.2, 0.25) is 0 Å². The first-order valence-electron chi connectivity index (χ1n) is 7.79. The van der Waals surface area contributed by atoms with Gasteiger partial charge < -0.3 is 4.74 Å². The molecule has 1 unspecified atom stereocenters. The van der Waals surface area contributed by atoms with Crippen LogP contribution in [0.5, 0.6) is 0 Å². The lowest BCUT2D eigenvalue weighted by molar-refractivity contribution is -0.150. The third-order valence-corrected chi connectivity index (χ3v) is 3.95. The zero-order chi connectivity index (χ0) is 15.0. The minimum atomic E-state index is -0.519. The van der Waals surface area contributed by atoms with Crippen molar-refractivity contribution in [2.24, 2.45) is 0 Å². The van der Waals surface area contributed by atoms with Gasteiger partial charge in [0.05, 0.1) is 12.0 Å². The minimum Gasteiger partial charge on any atom is -0.465 e. The van der Waals surface area contributed by atoms with E-state index in [9.17, 15) is 4.79 Å². The van der Waals surface area contributed by atoms with E-state index in [0.717, 1.165) is 37.7 Å². The molecule has 0 saturated heterocycles. The molecule has 0 spiro atoms. The fraction of sp³-hybridized carbons (Fsp3) is 0.611. The second-order valence-corrected chi connectivity index (χ2v) is 5.74. The Bertz CT molecular complexity index is 425. The van der Waals surface area contributed by atoms with Crippen LogP contribution in [0, 0.1) is 6.92 Å². The Morgan fingerprint density at radius 1 is 1.15 bits per heavy atom. The van der Waals surface area contributed by atoms with Gasteiger partial charge >= 0.3 is 5.97 Å². The summed E-state index contributed by atoms with van der Waals surface area (Å²) < 4.78 is 5.52. The molecule has 0 aliphatic rings. The minimum absolute atomic E-state index is 0.0753. The van der Waals surface area contributed by atoms with Crippen LogP contribution >= 0.6 is 0 Å². The lowest BCUT2D eigenvalue weighted by atomic mass is 9.76. The van der Waals surface area contributed by atoms with Crippen LogP contribution in [-0.2, 0) is 14.9 Å². The highest BCUT2D eigenvalue weighted by atomic mass is 16.5. The Hall–Kier alpha value is -1.31. The number of aryl methyl sites for hydroxylation is 1. The summed E-state index contributed by atoms with van der Waals surface area (Å²) in [6, 6.07) is 8.15. The molecule has 0 N–H and O–H groups in total. The first-order valence-corrected chi connectivity index (χ1v) is 7.79. The van der Waals surface area contributed by atoms with Gasteiger partial charge in [0.1, 0.15) is 0 Å². The molecule has 0 heterocycles. The van der Waals surface area contributed by atoms with Gasteiger partial charge in [0.15, 0.2) is 0 Å². The average Bonchev–Trinajstić information content (AvgIpc) is 2.45. The van der Waals surface area contributed by atoms with Crippen molar-refractivity contribution in [2.75, 3.05) is 6.61 Å². The molecule has 1 atom stereocenters. The van der Waals surface area contributed by atoms with Crippen LogP contribution < -0.4 is 0 Å². The fourth-order valence-corrected chi connectivity index (χ4v) is 2.54. The van der Waals surface area contributed by atoms with Crippen molar-refractivity contribution in [1.29, 1.82) is 0 Å². The predicted molar refractivity (Wildman–Crippen MR) is 83.9 cm³/mol. The van der Waals surface area contributed by atoms with E-state index in [4.69, 9.17) is 4.74 Å². The molecule has 2 heteroatoms. The third-order valence-electron chi connectivity index (χ3n) is 3.95. The van der Waals surface area contributed by atoms with E-state index in [-0.39, 0.29) is 5.97 Å². The third kappa shape index (κ3) is 4.09. The molecule has 0 aliphatic heterocycles. The fourth-order valence-electron chi connectivity index (χ4n) is 2.54. The van der Waals surface area contributed by atoms with Crippen LogP contribution in [0.3, 0.4) is 0 Å². The van der Waals surface area contributed by atoms with Crippen molar-refractivity contribution in [1.82, 2.24) is 0 Å². The standard InChI is InChI=1S/C18H28O2/c1-5-7-13-18(4,17(19)20-14-8-6-2)16-12-10-9-11-15(16)3/h9-12H,5-8,13-14H2,1-4H3. The molecule has 1 rings (SSSR count). The van der Waals surface area contributed by atoms with Gasteiger partial charge in [-0.1, -0.05) is 57.4 Å². The molecule has 0 amide bonds. The highest BCUT2D eigenvalue weighted by molar-refractivity contribution is 5.83. The first-order chi connectivity index (χ1) is 9.56. The molecule has 0 aromatic heterocycles. The molecule has 0 bridgehead atoms. The van der Waals surface area contributed by atoms with Crippen LogP contribution in [0.25, 0.3) is 0 Å². The summed E-state index contributed by atoms with van der Waals surface area (Å²) in [6.45, 7) is 8.88. The number of rotatable bonds is 8. The van der Waals surface area contributed by atoms with E-state index < -0.39 is 5.41 Å². The second kappa shape index (κ2) is 8.08. The van der Waals surface area contributed by atoms with Crippen LogP contribution in [0.2, 0.25) is 0 Å². The smallest absolute Gasteiger partial charge is 0.316 e. The summed E-state index contributed by atoms with van der Waals surface area (Å²) in [5.41, 5.74) is 1.75. The van der Waals surface area contributed by atoms with Gasteiger partial charge in [-0.25, -0.2) is 0 Å². The van der Waals surface area contributed by atoms with E-state index >= 15 is 0 Å². The molecule has 0 radical (unpaired) electrons. The van der Waals surface area contributed by atoms with Gasteiger partial charge in [-0.3, -0.25) is 4.79 Å². The molecular weight excluding hydrogens is 248 g/mol. The maximum Gasteiger partial charge on any atom is 0.316 e. The zero-order valence-corrected chi connectivity index (χ0v) is 13.4. The largest absolute Gasteiger partial charge is 0.465 e. The van der Waals surface area contributed by atoms with Crippen LogP contribution in [-0.4, -0.2) is 12.6 Å². The number of carbonyl (C=O) groups excluding carboxylic acids is 1. The molecule has 2 nitrogen and oxygen atoms in total. The van der Waals surface area contributed by atoms with Crippen molar-refractivity contribution in [3.63, 3.8) is 0 Å². The van der Waals surface area contributed by atoms with Crippen molar-refractivity contribution in [3.8, 4) is 0 Å². The van der Waals surface area contributed by atoms with Crippen molar-refractivity contribution in [3.05, 3.63) is 35.4 Å². The highest BCUT2D eigenvalue weighted by Gasteiger charge is 2.37. The summed E-state index contributed by atoms with van der Waals surface area (Å²) in [6.07, 6.45) is 4.95. The summed E-state index contributed by atoms with van der Waals surface area (Å²) >= 11 is 0. The maximum absolute atomic E-state index is 12.6. The average molecular weight is 276 g/mol. The number of ether oxygens (including phenoxy) is 1.